The van der Waals surface area contributed by atoms with Crippen molar-refractivity contribution in [2.75, 3.05) is 6.54 Å². The van der Waals surface area contributed by atoms with E-state index in [1.54, 1.807) is 0 Å². The second-order valence-corrected chi connectivity index (χ2v) is 6.24. The fourth-order valence-electron chi connectivity index (χ4n) is 2.58. The van der Waals surface area contributed by atoms with E-state index in [0.717, 1.165) is 12.8 Å². The van der Waals surface area contributed by atoms with Crippen molar-refractivity contribution < 1.29 is 9.59 Å². The van der Waals surface area contributed by atoms with Crippen molar-refractivity contribution in [3.8, 4) is 0 Å². The zero-order chi connectivity index (χ0) is 16.5. The minimum Gasteiger partial charge on any atom is -0.368 e. The molecule has 130 valence electrons. The summed E-state index contributed by atoms with van der Waals surface area (Å²) in [6.07, 6.45) is 17.4. The molecule has 0 radical (unpaired) electrons. The predicted molar refractivity (Wildman–Crippen MR) is 92.5 cm³/mol. The topological polar surface area (TPSA) is 72.2 Å². The third-order valence-electron chi connectivity index (χ3n) is 3.97. The summed E-state index contributed by atoms with van der Waals surface area (Å²) in [5.41, 5.74) is 4.96. The van der Waals surface area contributed by atoms with Gasteiger partial charge in [0.2, 0.25) is 11.8 Å². The summed E-state index contributed by atoms with van der Waals surface area (Å²) in [7, 11) is 0. The minimum absolute atomic E-state index is 0.0444. The highest BCUT2D eigenvalue weighted by Crippen LogP contribution is 2.12. The lowest BCUT2D eigenvalue weighted by atomic mass is 10.0. The largest absolute Gasteiger partial charge is 0.368 e. The summed E-state index contributed by atoms with van der Waals surface area (Å²) >= 11 is 0. The molecule has 0 aliphatic rings. The van der Waals surface area contributed by atoms with Gasteiger partial charge in [0.25, 0.3) is 0 Å². The lowest BCUT2D eigenvalue weighted by Crippen LogP contribution is -2.33. The molecule has 0 heterocycles. The van der Waals surface area contributed by atoms with Gasteiger partial charge in [-0.2, -0.15) is 0 Å². The molecule has 0 fully saturated rings. The van der Waals surface area contributed by atoms with Crippen molar-refractivity contribution in [3.05, 3.63) is 0 Å². The smallest absolute Gasteiger partial charge is 0.236 e. The van der Waals surface area contributed by atoms with Gasteiger partial charge in [-0.25, -0.2) is 0 Å². The second kappa shape index (κ2) is 16.3. The van der Waals surface area contributed by atoms with Crippen LogP contribution in [-0.2, 0) is 9.59 Å². The van der Waals surface area contributed by atoms with Crippen LogP contribution < -0.4 is 11.1 Å². The summed E-state index contributed by atoms with van der Waals surface area (Å²) in [4.78, 5) is 21.8. The molecular weight excluding hydrogens is 276 g/mol. The Bertz CT molecular complexity index is 280. The van der Waals surface area contributed by atoms with Crippen LogP contribution in [0.2, 0.25) is 0 Å². The van der Waals surface area contributed by atoms with Crippen LogP contribution in [0.3, 0.4) is 0 Å². The molecule has 0 saturated carbocycles. The maximum atomic E-state index is 11.3. The van der Waals surface area contributed by atoms with Crippen LogP contribution in [0.25, 0.3) is 0 Å². The van der Waals surface area contributed by atoms with E-state index in [9.17, 15) is 9.59 Å². The van der Waals surface area contributed by atoms with Gasteiger partial charge in [-0.15, -0.1) is 0 Å². The van der Waals surface area contributed by atoms with Crippen LogP contribution in [-0.4, -0.2) is 18.4 Å². The molecule has 0 aromatic carbocycles. The van der Waals surface area contributed by atoms with Gasteiger partial charge in [0.05, 0.1) is 6.54 Å². The molecule has 4 nitrogen and oxygen atoms in total. The van der Waals surface area contributed by atoms with Crippen LogP contribution in [0.1, 0.15) is 96.8 Å². The van der Waals surface area contributed by atoms with Gasteiger partial charge in [0, 0.05) is 6.42 Å². The molecule has 0 unspecified atom stereocenters. The minimum atomic E-state index is -0.487. The Balaban J connectivity index is 3.11. The molecule has 0 atom stereocenters. The standard InChI is InChI=1S/C18H36N2O2/c1-2-3-4-5-6-7-8-9-10-11-12-13-14-15-18(22)20-16-17(19)21/h2-16H2,1H3,(H2,19,21)(H,20,22). The number of nitrogens with one attached hydrogen (secondary N) is 1. The van der Waals surface area contributed by atoms with Crippen molar-refractivity contribution in [3.63, 3.8) is 0 Å². The molecule has 0 bridgehead atoms. The van der Waals surface area contributed by atoms with E-state index in [1.807, 2.05) is 0 Å². The van der Waals surface area contributed by atoms with Gasteiger partial charge in [-0.3, -0.25) is 9.59 Å². The maximum Gasteiger partial charge on any atom is 0.236 e. The zero-order valence-corrected chi connectivity index (χ0v) is 14.5. The average Bonchev–Trinajstić information content (AvgIpc) is 2.49. The number of nitrogens with two attached hydrogens (primary N) is 1. The van der Waals surface area contributed by atoms with Gasteiger partial charge >= 0.3 is 0 Å². The highest BCUT2D eigenvalue weighted by Gasteiger charge is 2.02. The van der Waals surface area contributed by atoms with Crippen LogP contribution in [0, 0.1) is 0 Å². The summed E-state index contributed by atoms with van der Waals surface area (Å²) in [6, 6.07) is 0. The molecule has 0 aliphatic carbocycles. The molecule has 0 aromatic rings. The normalized spacial score (nSPS) is 10.6. The fraction of sp³-hybridized carbons (Fsp3) is 0.889. The zero-order valence-electron chi connectivity index (χ0n) is 14.5. The predicted octanol–water partition coefficient (Wildman–Crippen LogP) is 4.07. The molecule has 0 spiro atoms. The summed E-state index contributed by atoms with van der Waals surface area (Å²) < 4.78 is 0. The molecule has 0 aliphatic heterocycles. The second-order valence-electron chi connectivity index (χ2n) is 6.24. The Morgan fingerprint density at radius 1 is 0.727 bits per heavy atom. The van der Waals surface area contributed by atoms with Crippen molar-refractivity contribution >= 4 is 11.8 Å². The molecule has 2 amide bonds. The molecule has 3 N–H and O–H groups in total. The third-order valence-corrected chi connectivity index (χ3v) is 3.97. The molecule has 0 aromatic heterocycles. The number of rotatable bonds is 16. The quantitative estimate of drug-likeness (QED) is 0.422. The number of carbonyl (C=O) groups is 2. The highest BCUT2D eigenvalue weighted by molar-refractivity contribution is 5.83. The van der Waals surface area contributed by atoms with E-state index in [2.05, 4.69) is 12.2 Å². The first-order valence-electron chi connectivity index (χ1n) is 9.21. The van der Waals surface area contributed by atoms with E-state index < -0.39 is 5.91 Å². The van der Waals surface area contributed by atoms with Crippen LogP contribution in [0.5, 0.6) is 0 Å². The Morgan fingerprint density at radius 3 is 1.55 bits per heavy atom. The van der Waals surface area contributed by atoms with Gasteiger partial charge in [-0.05, 0) is 6.42 Å². The van der Waals surface area contributed by atoms with Crippen LogP contribution in [0.15, 0.2) is 0 Å². The molecule has 0 saturated heterocycles. The Kier molecular flexibility index (Phi) is 15.5. The summed E-state index contributed by atoms with van der Waals surface area (Å²) in [6.45, 7) is 2.21. The van der Waals surface area contributed by atoms with E-state index in [-0.39, 0.29) is 12.5 Å². The molecule has 0 rings (SSSR count). The SMILES string of the molecule is CCCCCCCCCCCCCCCC(=O)NCC(N)=O. The van der Waals surface area contributed by atoms with Gasteiger partial charge < -0.3 is 11.1 Å². The number of primary amides is 1. The van der Waals surface area contributed by atoms with E-state index in [4.69, 9.17) is 5.73 Å². The van der Waals surface area contributed by atoms with Gasteiger partial charge in [-0.1, -0.05) is 84.0 Å². The first kappa shape index (κ1) is 20.9. The highest BCUT2D eigenvalue weighted by atomic mass is 16.2. The number of amides is 2. The fourth-order valence-corrected chi connectivity index (χ4v) is 2.58. The number of unbranched alkanes of at least 4 members (excludes halogenated alkanes) is 12. The van der Waals surface area contributed by atoms with E-state index in [0.29, 0.717) is 6.42 Å². The lowest BCUT2D eigenvalue weighted by Gasteiger charge is -2.04. The van der Waals surface area contributed by atoms with E-state index >= 15 is 0 Å². The maximum absolute atomic E-state index is 11.3. The first-order valence-corrected chi connectivity index (χ1v) is 9.21. The number of hydrogen-bond donors (Lipinski definition) is 2. The molecular formula is C18H36N2O2. The van der Waals surface area contributed by atoms with E-state index in [1.165, 1.54) is 70.6 Å². The van der Waals surface area contributed by atoms with Crippen molar-refractivity contribution in [1.29, 1.82) is 0 Å². The molecule has 4 heteroatoms. The third kappa shape index (κ3) is 17.0. The molecule has 22 heavy (non-hydrogen) atoms. The van der Waals surface area contributed by atoms with Crippen molar-refractivity contribution in [2.45, 2.75) is 96.8 Å². The van der Waals surface area contributed by atoms with Gasteiger partial charge in [0.1, 0.15) is 0 Å². The lowest BCUT2D eigenvalue weighted by molar-refractivity contribution is -0.124. The number of hydrogen-bond acceptors (Lipinski definition) is 2. The monoisotopic (exact) mass is 312 g/mol. The van der Waals surface area contributed by atoms with Crippen LogP contribution >= 0.6 is 0 Å². The summed E-state index contributed by atoms with van der Waals surface area (Å²) in [5, 5.41) is 2.51. The Labute approximate surface area is 136 Å². The first-order chi connectivity index (χ1) is 10.7. The van der Waals surface area contributed by atoms with Crippen molar-refractivity contribution in [1.82, 2.24) is 5.32 Å². The average molecular weight is 312 g/mol. The Morgan fingerprint density at radius 2 is 1.14 bits per heavy atom. The Hall–Kier alpha value is -1.06. The van der Waals surface area contributed by atoms with Gasteiger partial charge in [0.15, 0.2) is 0 Å². The summed E-state index contributed by atoms with van der Waals surface area (Å²) in [5.74, 6) is -0.555. The van der Waals surface area contributed by atoms with Crippen molar-refractivity contribution in [2.24, 2.45) is 5.73 Å². The van der Waals surface area contributed by atoms with Crippen LogP contribution in [0.4, 0.5) is 0 Å². The number of carbonyl (C=O) groups excluding carboxylic acids is 2.